The van der Waals surface area contributed by atoms with Crippen molar-refractivity contribution in [2.75, 3.05) is 51.1 Å². The number of nitrogens with two attached hydrogens (primary N) is 1. The monoisotopic (exact) mass is 443 g/mol. The van der Waals surface area contributed by atoms with Crippen LogP contribution in [0.2, 0.25) is 0 Å². The Morgan fingerprint density at radius 1 is 1.12 bits per heavy atom. The molecular weight excluding hydrogens is 413 g/mol. The van der Waals surface area contributed by atoms with E-state index in [-0.39, 0.29) is 24.0 Å². The molecule has 5 nitrogen and oxygen atoms in total. The molecular formula is C18H30IN5. The number of piperazine rings is 1. The minimum Gasteiger partial charge on any atom is -0.370 e. The fourth-order valence-electron chi connectivity index (χ4n) is 3.48. The van der Waals surface area contributed by atoms with Crippen LogP contribution < -0.4 is 11.1 Å². The van der Waals surface area contributed by atoms with Crippen molar-refractivity contribution in [2.24, 2.45) is 10.7 Å². The molecule has 6 heteroatoms. The maximum atomic E-state index is 6.02. The molecule has 0 amide bonds. The lowest BCUT2D eigenvalue weighted by atomic mass is 10.1. The summed E-state index contributed by atoms with van der Waals surface area (Å²) in [6.45, 7) is 9.75. The number of nitrogens with zero attached hydrogens (tertiary/aromatic N) is 3. The molecule has 0 radical (unpaired) electrons. The average molecular weight is 443 g/mol. The molecule has 0 aromatic heterocycles. The van der Waals surface area contributed by atoms with E-state index in [4.69, 9.17) is 5.73 Å². The summed E-state index contributed by atoms with van der Waals surface area (Å²) < 4.78 is 0. The van der Waals surface area contributed by atoms with Gasteiger partial charge in [-0.2, -0.15) is 0 Å². The Morgan fingerprint density at radius 3 is 2.58 bits per heavy atom. The highest BCUT2D eigenvalue weighted by Gasteiger charge is 2.14. The second-order valence-electron chi connectivity index (χ2n) is 6.50. The number of hydrogen-bond acceptors (Lipinski definition) is 3. The van der Waals surface area contributed by atoms with Crippen LogP contribution in [-0.2, 0) is 12.8 Å². The quantitative estimate of drug-likeness (QED) is 0.416. The van der Waals surface area contributed by atoms with Crippen LogP contribution in [0.25, 0.3) is 0 Å². The van der Waals surface area contributed by atoms with Crippen molar-refractivity contribution in [3.8, 4) is 0 Å². The highest BCUT2D eigenvalue weighted by Crippen LogP contribution is 2.24. The summed E-state index contributed by atoms with van der Waals surface area (Å²) in [7, 11) is 0. The predicted octanol–water partition coefficient (Wildman–Crippen LogP) is 2.16. The molecule has 3 N–H and O–H groups in total. The van der Waals surface area contributed by atoms with Crippen molar-refractivity contribution < 1.29 is 0 Å². The van der Waals surface area contributed by atoms with Gasteiger partial charge in [0.05, 0.1) is 6.54 Å². The van der Waals surface area contributed by atoms with Gasteiger partial charge in [0.25, 0.3) is 0 Å². The smallest absolute Gasteiger partial charge is 0.193 e. The van der Waals surface area contributed by atoms with E-state index in [1.165, 1.54) is 43.5 Å². The molecule has 1 aliphatic heterocycles. The van der Waals surface area contributed by atoms with Crippen LogP contribution in [0.1, 0.15) is 24.5 Å². The molecule has 1 saturated heterocycles. The number of anilines is 1. The summed E-state index contributed by atoms with van der Waals surface area (Å²) in [6.07, 6.45) is 3.67. The number of aryl methyl sites for hydroxylation is 2. The molecule has 1 aromatic rings. The lowest BCUT2D eigenvalue weighted by Gasteiger charge is -2.33. The van der Waals surface area contributed by atoms with Gasteiger partial charge >= 0.3 is 0 Å². The number of halogens is 1. The van der Waals surface area contributed by atoms with E-state index in [1.54, 1.807) is 0 Å². The van der Waals surface area contributed by atoms with Gasteiger partial charge in [0, 0.05) is 38.4 Å². The van der Waals surface area contributed by atoms with Crippen molar-refractivity contribution >= 4 is 35.6 Å². The maximum absolute atomic E-state index is 6.02. The Bertz CT molecular complexity index is 552. The summed E-state index contributed by atoms with van der Waals surface area (Å²) in [5.74, 6) is 0.523. The molecule has 2 aliphatic rings. The van der Waals surface area contributed by atoms with Crippen molar-refractivity contribution in [3.63, 3.8) is 0 Å². The zero-order chi connectivity index (χ0) is 16.1. The van der Waals surface area contributed by atoms with Crippen LogP contribution in [0.3, 0.4) is 0 Å². The molecule has 0 saturated carbocycles. The van der Waals surface area contributed by atoms with E-state index < -0.39 is 0 Å². The lowest BCUT2D eigenvalue weighted by Crippen LogP contribution is -2.46. The fourth-order valence-corrected chi connectivity index (χ4v) is 3.48. The first-order chi connectivity index (χ1) is 11.2. The average Bonchev–Trinajstić information content (AvgIpc) is 3.03. The van der Waals surface area contributed by atoms with Crippen LogP contribution in [0.4, 0.5) is 5.69 Å². The summed E-state index contributed by atoms with van der Waals surface area (Å²) in [4.78, 5) is 9.43. The molecule has 1 fully saturated rings. The molecule has 134 valence electrons. The van der Waals surface area contributed by atoms with Gasteiger partial charge < -0.3 is 16.0 Å². The van der Waals surface area contributed by atoms with Gasteiger partial charge in [-0.1, -0.05) is 13.0 Å². The van der Waals surface area contributed by atoms with Crippen LogP contribution in [-0.4, -0.2) is 61.6 Å². The second kappa shape index (κ2) is 9.58. The van der Waals surface area contributed by atoms with Crippen LogP contribution >= 0.6 is 24.0 Å². The summed E-state index contributed by atoms with van der Waals surface area (Å²) in [5.41, 5.74) is 10.0. The number of aliphatic imine (C=N–C) groups is 1. The largest absolute Gasteiger partial charge is 0.370 e. The van der Waals surface area contributed by atoms with E-state index in [0.29, 0.717) is 5.96 Å². The van der Waals surface area contributed by atoms with E-state index in [9.17, 15) is 0 Å². The van der Waals surface area contributed by atoms with Crippen LogP contribution in [0.5, 0.6) is 0 Å². The van der Waals surface area contributed by atoms with Crippen LogP contribution in [0, 0.1) is 0 Å². The van der Waals surface area contributed by atoms with Gasteiger partial charge in [0.15, 0.2) is 5.96 Å². The number of hydrogen-bond donors (Lipinski definition) is 2. The lowest BCUT2D eigenvalue weighted by molar-refractivity contribution is 0.140. The standard InChI is InChI=1S/C18H29N5.HI/c1-2-22-10-12-23(13-11-22)9-8-20-18(19)21-17-7-6-15-4-3-5-16(15)14-17;/h6-7,14H,2-5,8-13H2,1H3,(H3,19,20,21);1H. The highest BCUT2D eigenvalue weighted by molar-refractivity contribution is 14.0. The zero-order valence-electron chi connectivity index (χ0n) is 14.6. The fraction of sp³-hybridized carbons (Fsp3) is 0.611. The van der Waals surface area contributed by atoms with Gasteiger partial charge in [0.1, 0.15) is 0 Å². The van der Waals surface area contributed by atoms with Gasteiger partial charge in [0.2, 0.25) is 0 Å². The van der Waals surface area contributed by atoms with Gasteiger partial charge in [-0.25, -0.2) is 0 Å². The Balaban J connectivity index is 0.00000208. The molecule has 1 aromatic carbocycles. The Kier molecular flexibility index (Phi) is 7.77. The SMILES string of the molecule is CCN1CCN(CCN=C(N)Nc2ccc3c(c2)CCC3)CC1.I. The maximum Gasteiger partial charge on any atom is 0.193 e. The van der Waals surface area contributed by atoms with E-state index >= 15 is 0 Å². The topological polar surface area (TPSA) is 56.9 Å². The first-order valence-electron chi connectivity index (χ1n) is 8.88. The number of benzene rings is 1. The molecule has 1 aliphatic carbocycles. The highest BCUT2D eigenvalue weighted by atomic mass is 127. The molecule has 0 unspecified atom stereocenters. The minimum absolute atomic E-state index is 0. The summed E-state index contributed by atoms with van der Waals surface area (Å²) in [5, 5.41) is 3.23. The molecule has 3 rings (SSSR count). The number of likely N-dealkylation sites (N-methyl/N-ethyl adjacent to an activating group) is 1. The number of rotatable bonds is 5. The van der Waals surface area contributed by atoms with Crippen molar-refractivity contribution in [1.82, 2.24) is 9.80 Å². The Labute approximate surface area is 162 Å². The normalized spacial score (nSPS) is 19.0. The summed E-state index contributed by atoms with van der Waals surface area (Å²) >= 11 is 0. The third-order valence-corrected chi connectivity index (χ3v) is 4.98. The third kappa shape index (κ3) is 5.32. The first kappa shape index (κ1) is 19.5. The Hall–Kier alpha value is -0.860. The van der Waals surface area contributed by atoms with Crippen molar-refractivity contribution in [2.45, 2.75) is 26.2 Å². The second-order valence-corrected chi connectivity index (χ2v) is 6.50. The molecule has 0 spiro atoms. The molecule has 0 atom stereocenters. The zero-order valence-corrected chi connectivity index (χ0v) is 17.0. The van der Waals surface area contributed by atoms with Gasteiger partial charge in [-0.05, 0) is 49.1 Å². The van der Waals surface area contributed by atoms with Gasteiger partial charge in [-0.3, -0.25) is 9.89 Å². The van der Waals surface area contributed by atoms with E-state index in [1.807, 2.05) is 0 Å². The van der Waals surface area contributed by atoms with Gasteiger partial charge in [-0.15, -0.1) is 24.0 Å². The Morgan fingerprint density at radius 2 is 1.83 bits per heavy atom. The van der Waals surface area contributed by atoms with E-state index in [0.717, 1.165) is 38.4 Å². The molecule has 0 bridgehead atoms. The van der Waals surface area contributed by atoms with E-state index in [2.05, 4.69) is 45.2 Å². The minimum atomic E-state index is 0. The van der Waals surface area contributed by atoms with Crippen LogP contribution in [0.15, 0.2) is 23.2 Å². The third-order valence-electron chi connectivity index (χ3n) is 4.98. The molecule has 1 heterocycles. The predicted molar refractivity (Wildman–Crippen MR) is 113 cm³/mol. The first-order valence-corrected chi connectivity index (χ1v) is 8.88. The van der Waals surface area contributed by atoms with Crippen molar-refractivity contribution in [3.05, 3.63) is 29.3 Å². The molecule has 24 heavy (non-hydrogen) atoms. The number of fused-ring (bicyclic) bond motifs is 1. The summed E-state index contributed by atoms with van der Waals surface area (Å²) in [6, 6.07) is 6.54. The number of nitrogens with one attached hydrogen (secondary N) is 1. The number of guanidine groups is 1. The van der Waals surface area contributed by atoms with Crippen molar-refractivity contribution in [1.29, 1.82) is 0 Å².